The number of hydrogen-bond acceptors (Lipinski definition) is 4. The van der Waals surface area contributed by atoms with Crippen LogP contribution in [0.25, 0.3) is 22.9 Å². The molecular weight excluding hydrogens is 278 g/mol. The molecule has 1 aromatic carbocycles. The summed E-state index contributed by atoms with van der Waals surface area (Å²) in [6, 6.07) is 15.8. The summed E-state index contributed by atoms with van der Waals surface area (Å²) in [6.07, 6.45) is 5.33. The van der Waals surface area contributed by atoms with E-state index in [2.05, 4.69) is 16.0 Å². The van der Waals surface area contributed by atoms with Gasteiger partial charge in [0, 0.05) is 23.3 Å². The van der Waals surface area contributed by atoms with Gasteiger partial charge in [-0.15, -0.1) is 11.3 Å². The van der Waals surface area contributed by atoms with Crippen molar-refractivity contribution >= 4 is 23.0 Å². The lowest BCUT2D eigenvalue weighted by atomic mass is 10.1. The minimum Gasteiger partial charge on any atom is -0.265 e. The van der Waals surface area contributed by atoms with E-state index in [4.69, 9.17) is 0 Å². The zero-order valence-corrected chi connectivity index (χ0v) is 11.9. The Hall–Kier alpha value is -2.77. The number of aromatic nitrogens is 2. The number of pyridine rings is 1. The van der Waals surface area contributed by atoms with Crippen LogP contribution in [0, 0.1) is 11.3 Å². The quantitative estimate of drug-likeness (QED) is 0.676. The van der Waals surface area contributed by atoms with Gasteiger partial charge in [0.15, 0.2) is 0 Å². The molecule has 0 aliphatic carbocycles. The minimum absolute atomic E-state index is 0.575. The maximum atomic E-state index is 9.36. The molecule has 0 bridgehead atoms. The van der Waals surface area contributed by atoms with E-state index in [1.165, 1.54) is 11.3 Å². The van der Waals surface area contributed by atoms with E-state index < -0.39 is 0 Å². The summed E-state index contributed by atoms with van der Waals surface area (Å²) in [6.45, 7) is 0. The summed E-state index contributed by atoms with van der Waals surface area (Å²) in [5, 5.41) is 12.0. The molecule has 0 spiro atoms. The number of benzene rings is 1. The van der Waals surface area contributed by atoms with Crippen molar-refractivity contribution in [1.29, 1.82) is 5.26 Å². The maximum absolute atomic E-state index is 9.36. The van der Waals surface area contributed by atoms with Crippen LogP contribution >= 0.6 is 11.3 Å². The summed E-state index contributed by atoms with van der Waals surface area (Å²) in [5.41, 5.74) is 3.44. The van der Waals surface area contributed by atoms with E-state index in [1.807, 2.05) is 53.9 Å². The summed E-state index contributed by atoms with van der Waals surface area (Å²) in [5.74, 6) is 0. The molecule has 0 aliphatic heterocycles. The van der Waals surface area contributed by atoms with E-state index in [-0.39, 0.29) is 0 Å². The van der Waals surface area contributed by atoms with Gasteiger partial charge < -0.3 is 0 Å². The first-order valence-electron chi connectivity index (χ1n) is 6.40. The molecule has 0 amide bonds. The van der Waals surface area contributed by atoms with Gasteiger partial charge in [0.1, 0.15) is 11.1 Å². The summed E-state index contributed by atoms with van der Waals surface area (Å²) in [4.78, 5) is 8.54. The zero-order chi connectivity index (χ0) is 14.5. The number of hydrogen-bond donors (Lipinski definition) is 0. The Kier molecular flexibility index (Phi) is 3.85. The topological polar surface area (TPSA) is 49.6 Å². The summed E-state index contributed by atoms with van der Waals surface area (Å²) in [7, 11) is 0. The molecule has 3 nitrogen and oxygen atoms in total. The summed E-state index contributed by atoms with van der Waals surface area (Å²) >= 11 is 1.47. The van der Waals surface area contributed by atoms with E-state index in [0.29, 0.717) is 5.57 Å². The number of thiazole rings is 1. The second-order valence-corrected chi connectivity index (χ2v) is 5.21. The Bertz CT molecular complexity index is 799. The van der Waals surface area contributed by atoms with E-state index >= 15 is 0 Å². The average Bonchev–Trinajstić information content (AvgIpc) is 3.04. The van der Waals surface area contributed by atoms with E-state index in [1.54, 1.807) is 12.4 Å². The Morgan fingerprint density at radius 2 is 1.86 bits per heavy atom. The molecule has 21 heavy (non-hydrogen) atoms. The van der Waals surface area contributed by atoms with Crippen LogP contribution in [0.4, 0.5) is 0 Å². The van der Waals surface area contributed by atoms with Crippen LogP contribution in [0.5, 0.6) is 0 Å². The third-order valence-electron chi connectivity index (χ3n) is 2.94. The first-order valence-corrected chi connectivity index (χ1v) is 7.28. The van der Waals surface area contributed by atoms with Gasteiger partial charge in [0.25, 0.3) is 0 Å². The molecule has 3 aromatic rings. The van der Waals surface area contributed by atoms with Crippen molar-refractivity contribution < 1.29 is 0 Å². The summed E-state index contributed by atoms with van der Waals surface area (Å²) < 4.78 is 0. The lowest BCUT2D eigenvalue weighted by Gasteiger charge is -1.96. The normalized spacial score (nSPS) is 11.1. The molecule has 2 aromatic heterocycles. The first-order chi connectivity index (χ1) is 10.4. The highest BCUT2D eigenvalue weighted by Gasteiger charge is 2.08. The first kappa shape index (κ1) is 13.2. The number of nitriles is 1. The molecule has 4 heteroatoms. The molecule has 0 N–H and O–H groups in total. The van der Waals surface area contributed by atoms with Crippen LogP contribution in [-0.2, 0) is 0 Å². The molecule has 0 saturated heterocycles. The molecule has 3 rings (SSSR count). The van der Waals surface area contributed by atoms with Crippen LogP contribution in [0.2, 0.25) is 0 Å². The maximum Gasteiger partial charge on any atom is 0.134 e. The Morgan fingerprint density at radius 1 is 1.10 bits per heavy atom. The third-order valence-corrected chi connectivity index (χ3v) is 3.82. The second kappa shape index (κ2) is 6.12. The highest BCUT2D eigenvalue weighted by Crippen LogP contribution is 2.26. The van der Waals surface area contributed by atoms with Crippen LogP contribution in [0.1, 0.15) is 10.6 Å². The van der Waals surface area contributed by atoms with Crippen molar-refractivity contribution in [2.45, 2.75) is 0 Å². The van der Waals surface area contributed by atoms with Gasteiger partial charge in [-0.2, -0.15) is 5.26 Å². The lowest BCUT2D eigenvalue weighted by Crippen LogP contribution is -1.83. The molecule has 0 aliphatic rings. The molecule has 0 unspecified atom stereocenters. The number of allylic oxidation sites excluding steroid dienone is 1. The fourth-order valence-electron chi connectivity index (χ4n) is 1.91. The Labute approximate surface area is 126 Å². The predicted octanol–water partition coefficient (Wildman–Crippen LogP) is 4.27. The van der Waals surface area contributed by atoms with E-state index in [9.17, 15) is 5.26 Å². The third kappa shape index (κ3) is 3.04. The highest BCUT2D eigenvalue weighted by atomic mass is 32.1. The SMILES string of the molecule is N#C/C(=C\c1ccccc1)c1nc(-c2ccncc2)cs1. The smallest absolute Gasteiger partial charge is 0.134 e. The van der Waals surface area contributed by atoms with Crippen molar-refractivity contribution in [3.8, 4) is 17.3 Å². The lowest BCUT2D eigenvalue weighted by molar-refractivity contribution is 1.31. The predicted molar refractivity (Wildman–Crippen MR) is 85.3 cm³/mol. The van der Waals surface area contributed by atoms with Gasteiger partial charge in [0.05, 0.1) is 11.3 Å². The fraction of sp³-hybridized carbons (Fsp3) is 0. The molecule has 0 atom stereocenters. The Morgan fingerprint density at radius 3 is 2.57 bits per heavy atom. The fourth-order valence-corrected chi connectivity index (χ4v) is 2.71. The van der Waals surface area contributed by atoms with Gasteiger partial charge in [-0.05, 0) is 23.8 Å². The average molecular weight is 289 g/mol. The molecule has 2 heterocycles. The van der Waals surface area contributed by atoms with Crippen molar-refractivity contribution in [3.63, 3.8) is 0 Å². The van der Waals surface area contributed by atoms with Gasteiger partial charge in [-0.3, -0.25) is 4.98 Å². The minimum atomic E-state index is 0.575. The van der Waals surface area contributed by atoms with E-state index in [0.717, 1.165) is 21.8 Å². The number of nitrogens with zero attached hydrogens (tertiary/aromatic N) is 3. The highest BCUT2D eigenvalue weighted by molar-refractivity contribution is 7.11. The van der Waals surface area contributed by atoms with Gasteiger partial charge in [-0.1, -0.05) is 30.3 Å². The molecule has 100 valence electrons. The van der Waals surface area contributed by atoms with Crippen LogP contribution in [0.3, 0.4) is 0 Å². The van der Waals surface area contributed by atoms with Gasteiger partial charge in [0.2, 0.25) is 0 Å². The largest absolute Gasteiger partial charge is 0.265 e. The molecule has 0 saturated carbocycles. The van der Waals surface area contributed by atoms with Crippen molar-refractivity contribution in [3.05, 3.63) is 70.8 Å². The number of rotatable bonds is 3. The molecule has 0 fully saturated rings. The van der Waals surface area contributed by atoms with Gasteiger partial charge in [-0.25, -0.2) is 4.98 Å². The Balaban J connectivity index is 1.95. The van der Waals surface area contributed by atoms with Gasteiger partial charge >= 0.3 is 0 Å². The zero-order valence-electron chi connectivity index (χ0n) is 11.1. The van der Waals surface area contributed by atoms with Crippen molar-refractivity contribution in [2.75, 3.05) is 0 Å². The molecule has 0 radical (unpaired) electrons. The van der Waals surface area contributed by atoms with Crippen LogP contribution in [0.15, 0.2) is 60.2 Å². The second-order valence-electron chi connectivity index (χ2n) is 4.35. The monoisotopic (exact) mass is 289 g/mol. The van der Waals surface area contributed by atoms with Crippen molar-refractivity contribution in [1.82, 2.24) is 9.97 Å². The van der Waals surface area contributed by atoms with Crippen LogP contribution < -0.4 is 0 Å². The standard InChI is InChI=1S/C17H11N3S/c18-11-15(10-13-4-2-1-3-5-13)17-20-16(12-21-17)14-6-8-19-9-7-14/h1-10,12H/b15-10+. The molecular formula is C17H11N3S. The van der Waals surface area contributed by atoms with Crippen molar-refractivity contribution in [2.24, 2.45) is 0 Å². The van der Waals surface area contributed by atoms with Crippen LogP contribution in [-0.4, -0.2) is 9.97 Å².